The Balaban J connectivity index is 1.28. The third-order valence-electron chi connectivity index (χ3n) is 8.74. The van der Waals surface area contributed by atoms with E-state index in [0.29, 0.717) is 36.4 Å². The average molecular weight is 563 g/mol. The highest BCUT2D eigenvalue weighted by atomic mass is 16.5. The molecular weight excluding hydrogens is 528 g/mol. The highest BCUT2D eigenvalue weighted by Crippen LogP contribution is 2.63. The lowest BCUT2D eigenvalue weighted by Gasteiger charge is -2.35. The molecule has 0 aliphatic carbocycles. The number of nitrogens with zero attached hydrogens (tertiary/aromatic N) is 4. The Bertz CT molecular complexity index is 1490. The first-order valence-corrected chi connectivity index (χ1v) is 14.0. The maximum atomic E-state index is 14.1. The van der Waals surface area contributed by atoms with Crippen LogP contribution in [0.4, 0.5) is 5.69 Å². The largest absolute Gasteiger partial charge is 0.494 e. The van der Waals surface area contributed by atoms with Gasteiger partial charge in [-0.2, -0.15) is 0 Å². The fourth-order valence-corrected chi connectivity index (χ4v) is 6.93. The molecule has 12 heteroatoms. The Morgan fingerprint density at radius 1 is 1.17 bits per heavy atom. The van der Waals surface area contributed by atoms with Gasteiger partial charge in [0.1, 0.15) is 29.6 Å². The van der Waals surface area contributed by atoms with Gasteiger partial charge in [0, 0.05) is 5.69 Å². The standard InChI is InChI=1S/C29H34N6O6/c1-4-40-19-11-9-18(10-12-19)31-25(37)22-23-27(39)35(17(2)15-36)24(29(23)14-13-28(22,3)41-29)26(38)30-16-34-21-8-6-5-7-20(21)32-33-34/h5-12,17,22-24,36H,4,13-16H2,1-3H3,(H,30,38)(H,31,37)/t17-,22+,23+,24?,28-,29?/m1/s1. The van der Waals surface area contributed by atoms with Gasteiger partial charge in [-0.3, -0.25) is 14.4 Å². The molecule has 3 saturated heterocycles. The van der Waals surface area contributed by atoms with Gasteiger partial charge in [-0.1, -0.05) is 17.3 Å². The van der Waals surface area contributed by atoms with Crippen LogP contribution in [-0.2, 0) is 25.8 Å². The third-order valence-corrected chi connectivity index (χ3v) is 8.74. The van der Waals surface area contributed by atoms with Gasteiger partial charge in [-0.05, 0) is 70.0 Å². The summed E-state index contributed by atoms with van der Waals surface area (Å²) < 4.78 is 13.7. The second-order valence-electron chi connectivity index (χ2n) is 11.2. The number of benzene rings is 2. The minimum absolute atomic E-state index is 0.0328. The summed E-state index contributed by atoms with van der Waals surface area (Å²) in [4.78, 5) is 43.1. The van der Waals surface area contributed by atoms with Crippen LogP contribution in [0.3, 0.4) is 0 Å². The van der Waals surface area contributed by atoms with E-state index in [1.54, 1.807) is 35.9 Å². The summed E-state index contributed by atoms with van der Waals surface area (Å²) in [5, 5.41) is 24.2. The molecular formula is C29H34N6O6. The number of aliphatic hydroxyl groups is 1. The summed E-state index contributed by atoms with van der Waals surface area (Å²) in [6.07, 6.45) is 0.947. The van der Waals surface area contributed by atoms with Crippen molar-refractivity contribution in [2.45, 2.75) is 63.6 Å². The minimum atomic E-state index is -1.20. The van der Waals surface area contributed by atoms with E-state index in [1.807, 2.05) is 38.1 Å². The lowest BCUT2D eigenvalue weighted by Crippen LogP contribution is -2.57. The summed E-state index contributed by atoms with van der Waals surface area (Å²) in [6, 6.07) is 12.7. The first-order chi connectivity index (χ1) is 19.7. The number of hydrogen-bond acceptors (Lipinski definition) is 8. The van der Waals surface area contributed by atoms with Crippen LogP contribution >= 0.6 is 0 Å². The van der Waals surface area contributed by atoms with Crippen molar-refractivity contribution in [3.05, 3.63) is 48.5 Å². The number of fused-ring (bicyclic) bond motifs is 2. The summed E-state index contributed by atoms with van der Waals surface area (Å²) in [7, 11) is 0. The lowest BCUT2D eigenvalue weighted by atomic mass is 9.66. The summed E-state index contributed by atoms with van der Waals surface area (Å²) in [5.74, 6) is -2.15. The Hall–Kier alpha value is -4.03. The van der Waals surface area contributed by atoms with Gasteiger partial charge in [-0.15, -0.1) is 5.10 Å². The number of para-hydroxylation sites is 1. The Labute approximate surface area is 237 Å². The van der Waals surface area contributed by atoms with E-state index in [2.05, 4.69) is 20.9 Å². The zero-order chi connectivity index (χ0) is 28.9. The molecule has 2 bridgehead atoms. The van der Waals surface area contributed by atoms with Crippen LogP contribution in [0.5, 0.6) is 5.75 Å². The second kappa shape index (κ2) is 10.1. The topological polar surface area (TPSA) is 148 Å². The number of aliphatic hydroxyl groups excluding tert-OH is 1. The number of likely N-dealkylation sites (tertiary alicyclic amines) is 1. The van der Waals surface area contributed by atoms with Gasteiger partial charge >= 0.3 is 0 Å². The number of carbonyl (C=O) groups excluding carboxylic acids is 3. The van der Waals surface area contributed by atoms with E-state index >= 15 is 0 Å². The number of anilines is 1. The van der Waals surface area contributed by atoms with Crippen LogP contribution in [0.15, 0.2) is 48.5 Å². The van der Waals surface area contributed by atoms with Crippen LogP contribution in [0.1, 0.15) is 33.6 Å². The Kier molecular flexibility index (Phi) is 6.69. The van der Waals surface area contributed by atoms with Crippen LogP contribution in [0, 0.1) is 11.8 Å². The molecule has 2 aromatic carbocycles. The van der Waals surface area contributed by atoms with E-state index in [0.717, 1.165) is 5.52 Å². The molecule has 6 rings (SSSR count). The number of aromatic nitrogens is 3. The molecule has 3 aliphatic rings. The first kappa shape index (κ1) is 27.2. The molecule has 2 unspecified atom stereocenters. The molecule has 12 nitrogen and oxygen atoms in total. The van der Waals surface area contributed by atoms with Crippen LogP contribution in [-0.4, -0.2) is 79.2 Å². The zero-order valence-electron chi connectivity index (χ0n) is 23.2. The van der Waals surface area contributed by atoms with Crippen LogP contribution < -0.4 is 15.4 Å². The zero-order valence-corrected chi connectivity index (χ0v) is 23.2. The number of amides is 3. The molecule has 3 aliphatic heterocycles. The van der Waals surface area contributed by atoms with Crippen molar-refractivity contribution in [3.63, 3.8) is 0 Å². The van der Waals surface area contributed by atoms with Crippen LogP contribution in [0.25, 0.3) is 11.0 Å². The van der Waals surface area contributed by atoms with Crippen molar-refractivity contribution >= 4 is 34.4 Å². The Morgan fingerprint density at radius 3 is 2.66 bits per heavy atom. The molecule has 216 valence electrons. The SMILES string of the molecule is CCOc1ccc(NC(=O)[C@@H]2[C@H]3C(=O)N([C@H](C)CO)C(C(=O)NCn4nnc5ccccc54)C34CC[C@@]2(C)O4)cc1. The molecule has 3 N–H and O–H groups in total. The third kappa shape index (κ3) is 4.24. The maximum Gasteiger partial charge on any atom is 0.247 e. The van der Waals surface area contributed by atoms with Crippen molar-refractivity contribution in [1.82, 2.24) is 25.2 Å². The lowest BCUT2D eigenvalue weighted by molar-refractivity contribution is -0.148. The molecule has 4 heterocycles. The molecule has 6 atom stereocenters. The second-order valence-corrected chi connectivity index (χ2v) is 11.2. The van der Waals surface area contributed by atoms with Gasteiger partial charge in [0.05, 0.1) is 42.2 Å². The molecule has 3 aromatic rings. The van der Waals surface area contributed by atoms with E-state index in [-0.39, 0.29) is 25.1 Å². The highest BCUT2D eigenvalue weighted by Gasteiger charge is 2.78. The minimum Gasteiger partial charge on any atom is -0.494 e. The Morgan fingerprint density at radius 2 is 1.93 bits per heavy atom. The van der Waals surface area contributed by atoms with Gasteiger partial charge in [0.2, 0.25) is 17.7 Å². The van der Waals surface area contributed by atoms with Gasteiger partial charge < -0.3 is 30.1 Å². The van der Waals surface area contributed by atoms with Gasteiger partial charge in [0.15, 0.2) is 0 Å². The van der Waals surface area contributed by atoms with Crippen molar-refractivity contribution < 1.29 is 29.0 Å². The van der Waals surface area contributed by atoms with Gasteiger partial charge in [-0.25, -0.2) is 4.68 Å². The number of hydrogen-bond donors (Lipinski definition) is 3. The summed E-state index contributed by atoms with van der Waals surface area (Å²) in [5.41, 5.74) is -0.114. The molecule has 41 heavy (non-hydrogen) atoms. The van der Waals surface area contributed by atoms with E-state index in [4.69, 9.17) is 9.47 Å². The highest BCUT2D eigenvalue weighted by molar-refractivity contribution is 6.02. The molecule has 3 amide bonds. The number of carbonyl (C=O) groups is 3. The average Bonchev–Trinajstić information content (AvgIpc) is 3.68. The smallest absolute Gasteiger partial charge is 0.247 e. The molecule has 1 spiro atoms. The predicted octanol–water partition coefficient (Wildman–Crippen LogP) is 1.69. The molecule has 3 fully saturated rings. The quantitative estimate of drug-likeness (QED) is 0.357. The van der Waals surface area contributed by atoms with Crippen LogP contribution in [0.2, 0.25) is 0 Å². The fourth-order valence-electron chi connectivity index (χ4n) is 6.93. The first-order valence-electron chi connectivity index (χ1n) is 14.0. The van der Waals surface area contributed by atoms with E-state index in [1.165, 1.54) is 4.90 Å². The molecule has 0 saturated carbocycles. The summed E-state index contributed by atoms with van der Waals surface area (Å²) >= 11 is 0. The maximum absolute atomic E-state index is 14.1. The normalized spacial score (nSPS) is 29.0. The number of rotatable bonds is 9. The van der Waals surface area contributed by atoms with Crippen molar-refractivity contribution in [2.24, 2.45) is 11.8 Å². The monoisotopic (exact) mass is 562 g/mol. The van der Waals surface area contributed by atoms with E-state index < -0.39 is 41.0 Å². The van der Waals surface area contributed by atoms with Crippen molar-refractivity contribution in [3.8, 4) is 5.75 Å². The van der Waals surface area contributed by atoms with E-state index in [9.17, 15) is 19.5 Å². The number of nitrogens with one attached hydrogen (secondary N) is 2. The van der Waals surface area contributed by atoms with Gasteiger partial charge in [0.25, 0.3) is 0 Å². The molecule has 1 aromatic heterocycles. The van der Waals surface area contributed by atoms with Crippen molar-refractivity contribution in [1.29, 1.82) is 0 Å². The fraction of sp³-hybridized carbons (Fsp3) is 0.483. The van der Waals surface area contributed by atoms with Crippen molar-refractivity contribution in [2.75, 3.05) is 18.5 Å². The predicted molar refractivity (Wildman–Crippen MR) is 148 cm³/mol. The summed E-state index contributed by atoms with van der Waals surface area (Å²) in [6.45, 7) is 5.64. The number of ether oxygens (including phenoxy) is 2. The molecule has 0 radical (unpaired) electrons.